The van der Waals surface area contributed by atoms with Crippen molar-refractivity contribution in [1.82, 2.24) is 4.90 Å². The van der Waals surface area contributed by atoms with Gasteiger partial charge in [-0.1, -0.05) is 12.1 Å². The average Bonchev–Trinajstić information content (AvgIpc) is 3.05. The molecule has 1 heterocycles. The van der Waals surface area contributed by atoms with Gasteiger partial charge in [-0.05, 0) is 25.1 Å². The molecule has 0 aliphatic heterocycles. The molecule has 27 heavy (non-hydrogen) atoms. The number of benzene rings is 1. The molecule has 0 spiro atoms. The van der Waals surface area contributed by atoms with Crippen molar-refractivity contribution in [2.24, 2.45) is 0 Å². The number of rotatable bonds is 7. The lowest BCUT2D eigenvalue weighted by molar-refractivity contribution is -0.125. The molecule has 0 saturated heterocycles. The van der Waals surface area contributed by atoms with E-state index in [-0.39, 0.29) is 5.91 Å². The summed E-state index contributed by atoms with van der Waals surface area (Å²) in [6.45, 7) is 2.00. The number of amides is 1. The zero-order chi connectivity index (χ0) is 20.0. The molecule has 0 N–H and O–H groups in total. The number of para-hydroxylation sites is 1. The monoisotopic (exact) mass is 373 g/mol. The van der Waals surface area contributed by atoms with Gasteiger partial charge in [-0.2, -0.15) is 0 Å². The maximum Gasteiger partial charge on any atom is 0.341 e. The number of methoxy groups -OCH3 is 3. The summed E-state index contributed by atoms with van der Waals surface area (Å²) in [6, 6.07) is 7.04. The van der Waals surface area contributed by atoms with Crippen LogP contribution < -0.4 is 9.47 Å². The Labute approximate surface area is 158 Å². The first kappa shape index (κ1) is 20.1. The molecule has 144 valence electrons. The number of ether oxygens (including phenoxy) is 3. The number of nitrogens with zero attached hydrogens (tertiary/aromatic N) is 1. The van der Waals surface area contributed by atoms with Crippen LogP contribution in [0.4, 0.5) is 0 Å². The van der Waals surface area contributed by atoms with Crippen LogP contribution in [0.15, 0.2) is 34.8 Å². The van der Waals surface area contributed by atoms with Crippen molar-refractivity contribution < 1.29 is 28.2 Å². The van der Waals surface area contributed by atoms with E-state index in [9.17, 15) is 9.59 Å². The van der Waals surface area contributed by atoms with Crippen LogP contribution in [0.1, 0.15) is 27.4 Å². The van der Waals surface area contributed by atoms with Crippen molar-refractivity contribution in [2.75, 3.05) is 28.4 Å². The molecule has 1 aromatic heterocycles. The van der Waals surface area contributed by atoms with Gasteiger partial charge in [-0.25, -0.2) is 4.79 Å². The highest BCUT2D eigenvalue weighted by Crippen LogP contribution is 2.31. The van der Waals surface area contributed by atoms with Crippen molar-refractivity contribution in [2.45, 2.75) is 13.5 Å². The number of likely N-dealkylation sites (N-methyl/N-ethyl adjacent to an activating group) is 1. The van der Waals surface area contributed by atoms with E-state index < -0.39 is 5.97 Å². The zero-order valence-corrected chi connectivity index (χ0v) is 16.1. The lowest BCUT2D eigenvalue weighted by Crippen LogP contribution is -2.24. The van der Waals surface area contributed by atoms with Gasteiger partial charge in [0.05, 0.1) is 21.3 Å². The molecule has 0 atom stereocenters. The summed E-state index contributed by atoms with van der Waals surface area (Å²) >= 11 is 0. The van der Waals surface area contributed by atoms with Crippen molar-refractivity contribution >= 4 is 18.0 Å². The standard InChI is InChI=1S/C20H23NO6/c1-13-16(20(23)26-5)11-15(27-13)9-10-18(22)21(2)12-14-7-6-8-17(24-3)19(14)25-4/h6-11H,12H2,1-5H3/b10-9+. The van der Waals surface area contributed by atoms with E-state index in [0.29, 0.717) is 35.1 Å². The molecule has 1 amide bonds. The molecule has 0 radical (unpaired) electrons. The molecular formula is C20H23NO6. The molecule has 0 aliphatic carbocycles. The third-order valence-electron chi connectivity index (χ3n) is 4.00. The largest absolute Gasteiger partial charge is 0.493 e. The van der Waals surface area contributed by atoms with Gasteiger partial charge in [-0.3, -0.25) is 4.79 Å². The summed E-state index contributed by atoms with van der Waals surface area (Å²) < 4.78 is 20.8. The Bertz CT molecular complexity index is 852. The number of furan rings is 1. The molecule has 0 unspecified atom stereocenters. The minimum Gasteiger partial charge on any atom is -0.493 e. The van der Waals surface area contributed by atoms with E-state index in [4.69, 9.17) is 13.9 Å². The average molecular weight is 373 g/mol. The second kappa shape index (κ2) is 8.93. The van der Waals surface area contributed by atoms with Crippen molar-refractivity contribution in [3.63, 3.8) is 0 Å². The Hall–Kier alpha value is -3.22. The van der Waals surface area contributed by atoms with Gasteiger partial charge in [0.2, 0.25) is 5.91 Å². The topological polar surface area (TPSA) is 78.2 Å². The molecule has 2 rings (SSSR count). The predicted molar refractivity (Wildman–Crippen MR) is 99.8 cm³/mol. The van der Waals surface area contributed by atoms with E-state index in [0.717, 1.165) is 5.56 Å². The maximum absolute atomic E-state index is 12.4. The Morgan fingerprint density at radius 1 is 1.19 bits per heavy atom. The number of carbonyl (C=O) groups is 2. The number of esters is 1. The molecule has 7 nitrogen and oxygen atoms in total. The highest BCUT2D eigenvalue weighted by Gasteiger charge is 2.16. The van der Waals surface area contributed by atoms with Gasteiger partial charge in [0.15, 0.2) is 11.5 Å². The zero-order valence-electron chi connectivity index (χ0n) is 16.1. The molecule has 0 saturated carbocycles. The normalized spacial score (nSPS) is 10.7. The summed E-state index contributed by atoms with van der Waals surface area (Å²) in [6.07, 6.45) is 2.90. The van der Waals surface area contributed by atoms with Crippen LogP contribution in [0.2, 0.25) is 0 Å². The summed E-state index contributed by atoms with van der Waals surface area (Å²) in [4.78, 5) is 25.5. The Kier molecular flexibility index (Phi) is 6.65. The second-order valence-electron chi connectivity index (χ2n) is 5.79. The summed E-state index contributed by atoms with van der Waals surface area (Å²) in [7, 11) is 6.10. The third-order valence-corrected chi connectivity index (χ3v) is 4.00. The van der Waals surface area contributed by atoms with Gasteiger partial charge in [0, 0.05) is 25.2 Å². The quantitative estimate of drug-likeness (QED) is 0.548. The van der Waals surface area contributed by atoms with Crippen LogP contribution in [-0.2, 0) is 16.1 Å². The van der Waals surface area contributed by atoms with Crippen LogP contribution in [0.5, 0.6) is 11.5 Å². The minimum absolute atomic E-state index is 0.228. The molecule has 0 bridgehead atoms. The summed E-state index contributed by atoms with van der Waals surface area (Å²) in [5.41, 5.74) is 1.15. The second-order valence-corrected chi connectivity index (χ2v) is 5.79. The van der Waals surface area contributed by atoms with Crippen LogP contribution in [0.3, 0.4) is 0 Å². The fourth-order valence-electron chi connectivity index (χ4n) is 2.59. The summed E-state index contributed by atoms with van der Waals surface area (Å²) in [5, 5.41) is 0. The summed E-state index contributed by atoms with van der Waals surface area (Å²) in [5.74, 6) is 1.32. The van der Waals surface area contributed by atoms with E-state index in [2.05, 4.69) is 4.74 Å². The predicted octanol–water partition coefficient (Wildman–Crippen LogP) is 3.06. The van der Waals surface area contributed by atoms with Gasteiger partial charge in [0.1, 0.15) is 17.1 Å². The smallest absolute Gasteiger partial charge is 0.341 e. The fraction of sp³-hybridized carbons (Fsp3) is 0.300. The number of carbonyl (C=O) groups excluding carboxylic acids is 2. The van der Waals surface area contributed by atoms with Crippen molar-refractivity contribution in [3.05, 3.63) is 53.0 Å². The van der Waals surface area contributed by atoms with Gasteiger partial charge in [-0.15, -0.1) is 0 Å². The highest BCUT2D eigenvalue weighted by atomic mass is 16.5. The Balaban J connectivity index is 2.10. The van der Waals surface area contributed by atoms with Crippen LogP contribution in [0, 0.1) is 6.92 Å². The maximum atomic E-state index is 12.4. The molecule has 0 aliphatic rings. The third kappa shape index (κ3) is 4.69. The van der Waals surface area contributed by atoms with Crippen molar-refractivity contribution in [3.8, 4) is 11.5 Å². The molecule has 1 aromatic carbocycles. The first-order valence-electron chi connectivity index (χ1n) is 8.23. The van der Waals surface area contributed by atoms with Crippen LogP contribution >= 0.6 is 0 Å². The van der Waals surface area contributed by atoms with Crippen LogP contribution in [-0.4, -0.2) is 45.2 Å². The number of hydrogen-bond donors (Lipinski definition) is 0. The lowest BCUT2D eigenvalue weighted by atomic mass is 10.1. The van der Waals surface area contributed by atoms with E-state index >= 15 is 0 Å². The lowest BCUT2D eigenvalue weighted by Gasteiger charge is -2.18. The number of aryl methyl sites for hydroxylation is 1. The highest BCUT2D eigenvalue weighted by molar-refractivity contribution is 5.93. The van der Waals surface area contributed by atoms with Crippen molar-refractivity contribution in [1.29, 1.82) is 0 Å². The minimum atomic E-state index is -0.482. The van der Waals surface area contributed by atoms with Gasteiger partial charge < -0.3 is 23.5 Å². The SMILES string of the molecule is COC(=O)c1cc(/C=C/C(=O)N(C)Cc2cccc(OC)c2OC)oc1C. The molecular weight excluding hydrogens is 350 g/mol. The molecule has 7 heteroatoms. The van der Waals surface area contributed by atoms with E-state index in [1.807, 2.05) is 12.1 Å². The molecule has 2 aromatic rings. The fourth-order valence-corrected chi connectivity index (χ4v) is 2.59. The van der Waals surface area contributed by atoms with E-state index in [1.165, 1.54) is 30.2 Å². The molecule has 0 fully saturated rings. The Morgan fingerprint density at radius 2 is 1.93 bits per heavy atom. The first-order valence-corrected chi connectivity index (χ1v) is 8.23. The van der Waals surface area contributed by atoms with Gasteiger partial charge >= 0.3 is 5.97 Å². The Morgan fingerprint density at radius 3 is 2.56 bits per heavy atom. The first-order chi connectivity index (χ1) is 12.9. The van der Waals surface area contributed by atoms with Crippen LogP contribution in [0.25, 0.3) is 6.08 Å². The number of hydrogen-bond acceptors (Lipinski definition) is 6. The van der Waals surface area contributed by atoms with E-state index in [1.54, 1.807) is 34.3 Å². The van der Waals surface area contributed by atoms with Gasteiger partial charge in [0.25, 0.3) is 0 Å².